The monoisotopic (exact) mass is 162 g/mol. The molecule has 0 aliphatic rings. The minimum atomic E-state index is -0.456. The van der Waals surface area contributed by atoms with E-state index in [1.165, 1.54) is 0 Å². The quantitative estimate of drug-likeness (QED) is 0.645. The van der Waals surface area contributed by atoms with Gasteiger partial charge in [-0.3, -0.25) is 0 Å². The molecule has 0 aromatic carbocycles. The van der Waals surface area contributed by atoms with Crippen molar-refractivity contribution in [2.45, 2.75) is 18.6 Å². The Bertz CT molecular complexity index is 125. The van der Waals surface area contributed by atoms with Crippen LogP contribution in [0, 0.1) is 0 Å². The summed E-state index contributed by atoms with van der Waals surface area (Å²) in [6.45, 7) is 4.71. The normalized spacial score (nSPS) is 11.1. The highest BCUT2D eigenvalue weighted by Crippen LogP contribution is 2.19. The van der Waals surface area contributed by atoms with Gasteiger partial charge in [0, 0.05) is 11.3 Å². The van der Waals surface area contributed by atoms with Gasteiger partial charge in [0.1, 0.15) is 0 Å². The molecule has 0 aliphatic carbocycles. The van der Waals surface area contributed by atoms with Gasteiger partial charge in [0.05, 0.1) is 0 Å². The highest BCUT2D eigenvalue weighted by atomic mass is 32.2. The summed E-state index contributed by atoms with van der Waals surface area (Å²) in [5, 5.41) is 2.55. The summed E-state index contributed by atoms with van der Waals surface area (Å²) < 4.78 is 0.0784. The number of primary amides is 1. The van der Waals surface area contributed by atoms with E-state index in [4.69, 9.17) is 5.73 Å². The third kappa shape index (κ3) is 4.49. The van der Waals surface area contributed by atoms with Crippen molar-refractivity contribution in [1.29, 1.82) is 0 Å². The van der Waals surface area contributed by atoms with Crippen molar-refractivity contribution in [3.8, 4) is 0 Å². The van der Waals surface area contributed by atoms with Gasteiger partial charge in [-0.1, -0.05) is 0 Å². The Kier molecular flexibility index (Phi) is 3.57. The lowest BCUT2D eigenvalue weighted by Crippen LogP contribution is -2.38. The van der Waals surface area contributed by atoms with E-state index in [0.717, 1.165) is 0 Å². The molecule has 10 heavy (non-hydrogen) atoms. The van der Waals surface area contributed by atoms with Crippen LogP contribution in [0.3, 0.4) is 0 Å². The van der Waals surface area contributed by atoms with Gasteiger partial charge in [-0.25, -0.2) is 4.79 Å². The topological polar surface area (TPSA) is 55.1 Å². The Labute approximate surface area is 65.7 Å². The molecular formula is C6H14N2OS. The van der Waals surface area contributed by atoms with E-state index in [9.17, 15) is 4.79 Å². The number of thioether (sulfide) groups is 1. The largest absolute Gasteiger partial charge is 0.352 e. The molecule has 0 spiro atoms. The number of carbonyl (C=O) groups is 1. The average Bonchev–Trinajstić information content (AvgIpc) is 1.85. The van der Waals surface area contributed by atoms with Crippen molar-refractivity contribution in [1.82, 2.24) is 5.32 Å². The number of amides is 2. The maximum atomic E-state index is 10.3. The number of nitrogens with one attached hydrogen (secondary N) is 1. The zero-order valence-corrected chi connectivity index (χ0v) is 7.42. The maximum Gasteiger partial charge on any atom is 0.312 e. The van der Waals surface area contributed by atoms with Crippen LogP contribution in [0.5, 0.6) is 0 Å². The average molecular weight is 162 g/mol. The fourth-order valence-corrected chi connectivity index (χ4v) is 0.589. The number of nitrogens with two attached hydrogens (primary N) is 1. The molecule has 0 atom stereocenters. The minimum absolute atomic E-state index is 0.0784. The second kappa shape index (κ2) is 3.71. The molecule has 4 heteroatoms. The lowest BCUT2D eigenvalue weighted by atomic mass is 10.2. The van der Waals surface area contributed by atoms with Gasteiger partial charge in [0.15, 0.2) is 0 Å². The first-order chi connectivity index (χ1) is 4.48. The van der Waals surface area contributed by atoms with Gasteiger partial charge in [-0.15, -0.1) is 0 Å². The zero-order valence-electron chi connectivity index (χ0n) is 6.60. The van der Waals surface area contributed by atoms with Crippen LogP contribution in [-0.4, -0.2) is 23.6 Å². The Morgan fingerprint density at radius 3 is 2.50 bits per heavy atom. The van der Waals surface area contributed by atoms with Crippen LogP contribution in [0.1, 0.15) is 13.8 Å². The van der Waals surface area contributed by atoms with Gasteiger partial charge in [0.2, 0.25) is 0 Å². The Hall–Kier alpha value is -0.380. The number of hydrogen-bond acceptors (Lipinski definition) is 2. The second-order valence-corrected chi connectivity index (χ2v) is 4.20. The molecule has 0 aliphatic heterocycles. The molecule has 0 radical (unpaired) electrons. The Morgan fingerprint density at radius 1 is 1.70 bits per heavy atom. The maximum absolute atomic E-state index is 10.3. The van der Waals surface area contributed by atoms with E-state index in [2.05, 4.69) is 5.32 Å². The first kappa shape index (κ1) is 9.62. The van der Waals surface area contributed by atoms with E-state index >= 15 is 0 Å². The number of urea groups is 1. The van der Waals surface area contributed by atoms with E-state index in [1.54, 1.807) is 11.8 Å². The Morgan fingerprint density at radius 2 is 2.20 bits per heavy atom. The van der Waals surface area contributed by atoms with Gasteiger partial charge < -0.3 is 11.1 Å². The lowest BCUT2D eigenvalue weighted by Gasteiger charge is -2.21. The van der Waals surface area contributed by atoms with Gasteiger partial charge in [-0.2, -0.15) is 11.8 Å². The highest BCUT2D eigenvalue weighted by Gasteiger charge is 2.15. The number of hydrogen-bond donors (Lipinski definition) is 2. The molecule has 0 rings (SSSR count). The molecule has 0 saturated heterocycles. The molecule has 3 N–H and O–H groups in total. The summed E-state index contributed by atoms with van der Waals surface area (Å²) in [6.07, 6.45) is 2.00. The summed E-state index contributed by atoms with van der Waals surface area (Å²) in [7, 11) is 0. The van der Waals surface area contributed by atoms with Crippen LogP contribution < -0.4 is 11.1 Å². The summed E-state index contributed by atoms with van der Waals surface area (Å²) in [6, 6.07) is -0.456. The summed E-state index contributed by atoms with van der Waals surface area (Å²) in [5.74, 6) is 0. The first-order valence-corrected chi connectivity index (χ1v) is 4.29. The van der Waals surface area contributed by atoms with Crippen molar-refractivity contribution in [2.75, 3.05) is 12.8 Å². The third-order valence-electron chi connectivity index (χ3n) is 1.24. The van der Waals surface area contributed by atoms with Gasteiger partial charge >= 0.3 is 6.03 Å². The van der Waals surface area contributed by atoms with E-state index < -0.39 is 6.03 Å². The molecule has 0 saturated carbocycles. The molecule has 3 nitrogen and oxygen atoms in total. The highest BCUT2D eigenvalue weighted by molar-refractivity contribution is 7.99. The predicted molar refractivity (Wildman–Crippen MR) is 45.2 cm³/mol. The fourth-order valence-electron chi connectivity index (χ4n) is 0.372. The summed E-state index contributed by atoms with van der Waals surface area (Å²) in [4.78, 5) is 10.3. The first-order valence-electron chi connectivity index (χ1n) is 3.06. The molecule has 0 aromatic rings. The number of carbonyl (C=O) groups excluding carboxylic acids is 1. The van der Waals surface area contributed by atoms with Gasteiger partial charge in [0.25, 0.3) is 0 Å². The van der Waals surface area contributed by atoms with E-state index in [0.29, 0.717) is 6.54 Å². The van der Waals surface area contributed by atoms with E-state index in [-0.39, 0.29) is 4.75 Å². The predicted octanol–water partition coefficient (Wildman–Crippen LogP) is 0.796. The molecule has 0 fully saturated rings. The molecule has 2 amide bonds. The van der Waals surface area contributed by atoms with Crippen molar-refractivity contribution in [3.05, 3.63) is 0 Å². The summed E-state index contributed by atoms with van der Waals surface area (Å²) >= 11 is 1.70. The third-order valence-corrected chi connectivity index (χ3v) is 2.49. The standard InChI is InChI=1S/C6H14N2OS/c1-6(2,10-3)4-8-5(7)9/h4H2,1-3H3,(H3,7,8,9). The second-order valence-electron chi connectivity index (χ2n) is 2.68. The van der Waals surface area contributed by atoms with Crippen molar-refractivity contribution < 1.29 is 4.79 Å². The molecule has 0 heterocycles. The molecule has 0 aromatic heterocycles. The number of rotatable bonds is 3. The van der Waals surface area contributed by atoms with Crippen molar-refractivity contribution in [2.24, 2.45) is 5.73 Å². The smallest absolute Gasteiger partial charge is 0.312 e. The summed E-state index contributed by atoms with van der Waals surface area (Å²) in [5.41, 5.74) is 4.90. The SMILES string of the molecule is CSC(C)(C)CNC(N)=O. The van der Waals surface area contributed by atoms with Crippen LogP contribution in [0.4, 0.5) is 4.79 Å². The van der Waals surface area contributed by atoms with Crippen LogP contribution in [0.2, 0.25) is 0 Å². The Balaban J connectivity index is 3.56. The lowest BCUT2D eigenvalue weighted by molar-refractivity contribution is 0.248. The zero-order chi connectivity index (χ0) is 8.20. The molecule has 60 valence electrons. The minimum Gasteiger partial charge on any atom is -0.352 e. The molecule has 0 bridgehead atoms. The van der Waals surface area contributed by atoms with Crippen LogP contribution in [0.15, 0.2) is 0 Å². The van der Waals surface area contributed by atoms with Crippen LogP contribution in [-0.2, 0) is 0 Å². The van der Waals surface area contributed by atoms with Gasteiger partial charge in [-0.05, 0) is 20.1 Å². The van der Waals surface area contributed by atoms with Crippen LogP contribution >= 0.6 is 11.8 Å². The molecular weight excluding hydrogens is 148 g/mol. The van der Waals surface area contributed by atoms with Crippen molar-refractivity contribution in [3.63, 3.8) is 0 Å². The van der Waals surface area contributed by atoms with Crippen LogP contribution in [0.25, 0.3) is 0 Å². The van der Waals surface area contributed by atoms with Crippen molar-refractivity contribution >= 4 is 17.8 Å². The molecule has 0 unspecified atom stereocenters. The fraction of sp³-hybridized carbons (Fsp3) is 0.833. The van der Waals surface area contributed by atoms with E-state index in [1.807, 2.05) is 20.1 Å².